The molecule has 0 amide bonds. The third-order valence-electron chi connectivity index (χ3n) is 3.28. The van der Waals surface area contributed by atoms with Gasteiger partial charge in [0.05, 0.1) is 12.2 Å². The average Bonchev–Trinajstić information content (AvgIpc) is 2.81. The SMILES string of the molecule is O=C(Cc1ccc(F)c(F)c1)c1cn(C2CNC2)nn1. The summed E-state index contributed by atoms with van der Waals surface area (Å²) in [5.74, 6) is -2.15. The molecule has 1 aromatic heterocycles. The van der Waals surface area contributed by atoms with Crippen molar-refractivity contribution in [1.29, 1.82) is 0 Å². The molecule has 5 nitrogen and oxygen atoms in total. The maximum atomic E-state index is 13.1. The zero-order chi connectivity index (χ0) is 14.1. The summed E-state index contributed by atoms with van der Waals surface area (Å²) in [5.41, 5.74) is 0.649. The lowest BCUT2D eigenvalue weighted by Crippen LogP contribution is -2.43. The highest BCUT2D eigenvalue weighted by atomic mass is 19.2. The molecule has 3 rings (SSSR count). The second kappa shape index (κ2) is 5.09. The fourth-order valence-electron chi connectivity index (χ4n) is 1.97. The van der Waals surface area contributed by atoms with E-state index in [1.165, 1.54) is 6.07 Å². The van der Waals surface area contributed by atoms with Gasteiger partial charge in [-0.2, -0.15) is 0 Å². The lowest BCUT2D eigenvalue weighted by Gasteiger charge is -2.26. The summed E-state index contributed by atoms with van der Waals surface area (Å²) in [6.45, 7) is 1.61. The summed E-state index contributed by atoms with van der Waals surface area (Å²) < 4.78 is 27.5. The molecule has 2 aromatic rings. The minimum atomic E-state index is -0.959. The Hall–Kier alpha value is -2.15. The molecule has 7 heteroatoms. The van der Waals surface area contributed by atoms with Crippen LogP contribution in [0.15, 0.2) is 24.4 Å². The van der Waals surface area contributed by atoms with E-state index >= 15 is 0 Å². The van der Waals surface area contributed by atoms with Crippen molar-refractivity contribution >= 4 is 5.78 Å². The van der Waals surface area contributed by atoms with E-state index in [-0.39, 0.29) is 23.9 Å². The molecule has 0 atom stereocenters. The third-order valence-corrected chi connectivity index (χ3v) is 3.28. The molecule has 0 bridgehead atoms. The van der Waals surface area contributed by atoms with Crippen molar-refractivity contribution in [3.05, 3.63) is 47.3 Å². The van der Waals surface area contributed by atoms with Crippen LogP contribution in [0.1, 0.15) is 22.1 Å². The van der Waals surface area contributed by atoms with E-state index in [2.05, 4.69) is 15.6 Å². The van der Waals surface area contributed by atoms with E-state index in [1.54, 1.807) is 10.9 Å². The summed E-state index contributed by atoms with van der Waals surface area (Å²) in [6, 6.07) is 3.64. The minimum absolute atomic E-state index is 0.0290. The first-order valence-corrected chi connectivity index (χ1v) is 6.23. The number of rotatable bonds is 4. The maximum absolute atomic E-state index is 13.1. The van der Waals surface area contributed by atoms with Crippen molar-refractivity contribution < 1.29 is 13.6 Å². The van der Waals surface area contributed by atoms with Gasteiger partial charge in [0.2, 0.25) is 0 Å². The first kappa shape index (κ1) is 12.9. The second-order valence-corrected chi connectivity index (χ2v) is 4.74. The molecule has 1 aliphatic rings. The Labute approximate surface area is 113 Å². The lowest BCUT2D eigenvalue weighted by atomic mass is 10.1. The number of hydrogen-bond acceptors (Lipinski definition) is 4. The number of nitrogens with one attached hydrogen (secondary N) is 1. The Morgan fingerprint density at radius 1 is 1.35 bits per heavy atom. The number of hydrogen-bond donors (Lipinski definition) is 1. The van der Waals surface area contributed by atoms with Crippen molar-refractivity contribution in [2.24, 2.45) is 0 Å². The summed E-state index contributed by atoms with van der Waals surface area (Å²) in [7, 11) is 0. The van der Waals surface area contributed by atoms with Crippen LogP contribution in [0.25, 0.3) is 0 Å². The Morgan fingerprint density at radius 3 is 2.80 bits per heavy atom. The molecule has 1 N–H and O–H groups in total. The van der Waals surface area contributed by atoms with Gasteiger partial charge in [0, 0.05) is 19.5 Å². The molecule has 0 spiro atoms. The molecule has 1 aromatic carbocycles. The molecule has 0 radical (unpaired) electrons. The van der Waals surface area contributed by atoms with Gasteiger partial charge < -0.3 is 5.32 Å². The Morgan fingerprint density at radius 2 is 2.15 bits per heavy atom. The van der Waals surface area contributed by atoms with Crippen LogP contribution in [0.2, 0.25) is 0 Å². The molecule has 0 unspecified atom stereocenters. The maximum Gasteiger partial charge on any atom is 0.189 e. The zero-order valence-corrected chi connectivity index (χ0v) is 10.5. The topological polar surface area (TPSA) is 59.8 Å². The van der Waals surface area contributed by atoms with Crippen LogP contribution in [0.3, 0.4) is 0 Å². The number of carbonyl (C=O) groups excluding carboxylic acids is 1. The molecule has 1 saturated heterocycles. The van der Waals surface area contributed by atoms with Gasteiger partial charge in [0.15, 0.2) is 17.4 Å². The molecule has 20 heavy (non-hydrogen) atoms. The third kappa shape index (κ3) is 2.44. The zero-order valence-electron chi connectivity index (χ0n) is 10.5. The smallest absolute Gasteiger partial charge is 0.189 e. The van der Waals surface area contributed by atoms with E-state index in [4.69, 9.17) is 0 Å². The molecule has 2 heterocycles. The fraction of sp³-hybridized carbons (Fsp3) is 0.308. The highest BCUT2D eigenvalue weighted by Gasteiger charge is 2.21. The minimum Gasteiger partial charge on any atom is -0.312 e. The largest absolute Gasteiger partial charge is 0.312 e. The lowest BCUT2D eigenvalue weighted by molar-refractivity contribution is 0.0988. The highest BCUT2D eigenvalue weighted by Crippen LogP contribution is 2.13. The predicted molar refractivity (Wildman–Crippen MR) is 66.3 cm³/mol. The van der Waals surface area contributed by atoms with Crippen LogP contribution in [0.5, 0.6) is 0 Å². The number of nitrogens with zero attached hydrogens (tertiary/aromatic N) is 3. The van der Waals surface area contributed by atoms with Crippen LogP contribution < -0.4 is 5.32 Å². The summed E-state index contributed by atoms with van der Waals surface area (Å²) in [6.07, 6.45) is 1.56. The normalized spacial score (nSPS) is 15.1. The summed E-state index contributed by atoms with van der Waals surface area (Å²) >= 11 is 0. The highest BCUT2D eigenvalue weighted by molar-refractivity contribution is 5.95. The number of Topliss-reactive ketones (excluding diaryl/α,β-unsaturated/α-hetero) is 1. The summed E-state index contributed by atoms with van der Waals surface area (Å²) in [4.78, 5) is 12.0. The van der Waals surface area contributed by atoms with Gasteiger partial charge >= 0.3 is 0 Å². The predicted octanol–water partition coefficient (Wildman–Crippen LogP) is 1.13. The molecule has 1 fully saturated rings. The van der Waals surface area contributed by atoms with Crippen molar-refractivity contribution in [3.63, 3.8) is 0 Å². The van der Waals surface area contributed by atoms with Gasteiger partial charge in [-0.25, -0.2) is 13.5 Å². The monoisotopic (exact) mass is 278 g/mol. The van der Waals surface area contributed by atoms with E-state index in [1.807, 2.05) is 0 Å². The Balaban J connectivity index is 1.71. The van der Waals surface area contributed by atoms with Gasteiger partial charge in [-0.05, 0) is 17.7 Å². The molecule has 0 aliphatic carbocycles. The molecule has 0 saturated carbocycles. The molecule has 104 valence electrons. The van der Waals surface area contributed by atoms with Crippen molar-refractivity contribution in [1.82, 2.24) is 20.3 Å². The second-order valence-electron chi connectivity index (χ2n) is 4.74. The first-order chi connectivity index (χ1) is 9.63. The van der Waals surface area contributed by atoms with Crippen LogP contribution in [0.4, 0.5) is 8.78 Å². The van der Waals surface area contributed by atoms with Gasteiger partial charge in [0.1, 0.15) is 5.69 Å². The van der Waals surface area contributed by atoms with E-state index in [9.17, 15) is 13.6 Å². The number of ketones is 1. The average molecular weight is 278 g/mol. The Bertz CT molecular complexity index is 652. The van der Waals surface area contributed by atoms with Gasteiger partial charge in [-0.1, -0.05) is 11.3 Å². The van der Waals surface area contributed by atoms with Crippen molar-refractivity contribution in [2.45, 2.75) is 12.5 Å². The molecule has 1 aliphatic heterocycles. The molecular weight excluding hydrogens is 266 g/mol. The van der Waals surface area contributed by atoms with Gasteiger partial charge in [-0.15, -0.1) is 5.10 Å². The molecular formula is C13H12F2N4O. The first-order valence-electron chi connectivity index (χ1n) is 6.23. The number of benzene rings is 1. The fourth-order valence-corrected chi connectivity index (χ4v) is 1.97. The van der Waals surface area contributed by atoms with E-state index in [0.29, 0.717) is 5.56 Å². The van der Waals surface area contributed by atoms with Crippen molar-refractivity contribution in [3.8, 4) is 0 Å². The van der Waals surface area contributed by atoms with Crippen molar-refractivity contribution in [2.75, 3.05) is 13.1 Å². The van der Waals surface area contributed by atoms with Crippen LogP contribution in [0, 0.1) is 11.6 Å². The summed E-state index contributed by atoms with van der Waals surface area (Å²) in [5, 5.41) is 10.8. The standard InChI is InChI=1S/C13H12F2N4O/c14-10-2-1-8(3-11(10)15)4-13(20)12-7-19(18-17-12)9-5-16-6-9/h1-3,7,9,16H,4-6H2. The van der Waals surface area contributed by atoms with Gasteiger partial charge in [0.25, 0.3) is 0 Å². The Kier molecular flexibility index (Phi) is 3.27. The van der Waals surface area contributed by atoms with Crippen LogP contribution in [-0.2, 0) is 6.42 Å². The van der Waals surface area contributed by atoms with E-state index in [0.717, 1.165) is 25.2 Å². The van der Waals surface area contributed by atoms with Crippen LogP contribution in [-0.4, -0.2) is 33.9 Å². The number of halogens is 2. The quantitative estimate of drug-likeness (QED) is 0.852. The van der Waals surface area contributed by atoms with Gasteiger partial charge in [-0.3, -0.25) is 4.79 Å². The number of carbonyl (C=O) groups is 1. The van der Waals surface area contributed by atoms with E-state index < -0.39 is 11.6 Å². The number of aromatic nitrogens is 3. The van der Waals surface area contributed by atoms with Crippen LogP contribution >= 0.6 is 0 Å².